The highest BCUT2D eigenvalue weighted by atomic mass is 127. The first-order valence-electron chi connectivity index (χ1n) is 5.30. The molecule has 1 aromatic rings. The van der Waals surface area contributed by atoms with Gasteiger partial charge in [0.2, 0.25) is 0 Å². The van der Waals surface area contributed by atoms with Gasteiger partial charge >= 0.3 is 11.9 Å². The van der Waals surface area contributed by atoms with Gasteiger partial charge in [0.05, 0.1) is 6.42 Å². The maximum Gasteiger partial charge on any atom is 0.324 e. The van der Waals surface area contributed by atoms with Gasteiger partial charge in [0.25, 0.3) is 0 Å². The largest absolute Gasteiger partial charge is 0.422 e. The van der Waals surface area contributed by atoms with Gasteiger partial charge in [-0.3, -0.25) is 9.59 Å². The standard InChI is InChI=1S/C12H11IO4/c1-2-8(13)12(15)16-9-5-3-4-7-6-10(14)17-11(7)9/h3-5,8H,2,6H2,1H3. The van der Waals surface area contributed by atoms with Crippen LogP contribution >= 0.6 is 22.6 Å². The van der Waals surface area contributed by atoms with Crippen LogP contribution in [0, 0.1) is 0 Å². The molecule has 2 rings (SSSR count). The van der Waals surface area contributed by atoms with Crippen LogP contribution in [0.15, 0.2) is 18.2 Å². The van der Waals surface area contributed by atoms with E-state index in [9.17, 15) is 9.59 Å². The number of carbonyl (C=O) groups excluding carboxylic acids is 2. The van der Waals surface area contributed by atoms with Gasteiger partial charge in [0, 0.05) is 5.56 Å². The molecule has 1 aliphatic rings. The Kier molecular flexibility index (Phi) is 3.66. The summed E-state index contributed by atoms with van der Waals surface area (Å²) in [5, 5.41) is 0. The van der Waals surface area contributed by atoms with Crippen LogP contribution in [0.5, 0.6) is 11.5 Å². The van der Waals surface area contributed by atoms with Crippen LogP contribution in [-0.4, -0.2) is 15.9 Å². The van der Waals surface area contributed by atoms with E-state index in [1.54, 1.807) is 18.2 Å². The molecule has 5 heteroatoms. The first-order valence-corrected chi connectivity index (χ1v) is 6.54. The second-order valence-corrected chi connectivity index (χ2v) is 5.20. The molecule has 17 heavy (non-hydrogen) atoms. The molecule has 0 saturated heterocycles. The minimum absolute atomic E-state index is 0.194. The van der Waals surface area contributed by atoms with Gasteiger partial charge in [-0.25, -0.2) is 0 Å². The molecule has 0 aromatic heterocycles. The Hall–Kier alpha value is -1.11. The lowest BCUT2D eigenvalue weighted by molar-refractivity contribution is -0.135. The third-order valence-corrected chi connectivity index (χ3v) is 3.83. The third kappa shape index (κ3) is 2.59. The van der Waals surface area contributed by atoms with Gasteiger partial charge in [0.15, 0.2) is 11.5 Å². The number of ether oxygens (including phenoxy) is 2. The zero-order valence-corrected chi connectivity index (χ0v) is 11.4. The Bertz CT molecular complexity index is 470. The van der Waals surface area contributed by atoms with Crippen LogP contribution in [0.2, 0.25) is 0 Å². The van der Waals surface area contributed by atoms with Crippen molar-refractivity contribution >= 4 is 34.5 Å². The van der Waals surface area contributed by atoms with Crippen LogP contribution in [0.1, 0.15) is 18.9 Å². The molecule has 1 aromatic carbocycles. The van der Waals surface area contributed by atoms with Crippen molar-refractivity contribution in [3.05, 3.63) is 23.8 Å². The van der Waals surface area contributed by atoms with E-state index < -0.39 is 0 Å². The van der Waals surface area contributed by atoms with Crippen molar-refractivity contribution in [2.45, 2.75) is 23.7 Å². The van der Waals surface area contributed by atoms with Crippen molar-refractivity contribution in [2.75, 3.05) is 0 Å². The zero-order chi connectivity index (χ0) is 12.4. The van der Waals surface area contributed by atoms with E-state index in [1.807, 2.05) is 29.5 Å². The molecule has 0 saturated carbocycles. The van der Waals surface area contributed by atoms with Crippen molar-refractivity contribution in [3.63, 3.8) is 0 Å². The van der Waals surface area contributed by atoms with Crippen molar-refractivity contribution < 1.29 is 19.1 Å². The lowest BCUT2D eigenvalue weighted by Crippen LogP contribution is -2.19. The second-order valence-electron chi connectivity index (χ2n) is 3.69. The zero-order valence-electron chi connectivity index (χ0n) is 9.23. The van der Waals surface area contributed by atoms with Gasteiger partial charge < -0.3 is 9.47 Å². The number of halogens is 1. The molecule has 1 heterocycles. The van der Waals surface area contributed by atoms with Gasteiger partial charge in [0.1, 0.15) is 3.92 Å². The summed E-state index contributed by atoms with van der Waals surface area (Å²) in [6.07, 6.45) is 0.941. The maximum atomic E-state index is 11.7. The quantitative estimate of drug-likeness (QED) is 0.365. The Balaban J connectivity index is 2.21. The highest BCUT2D eigenvalue weighted by molar-refractivity contribution is 14.1. The van der Waals surface area contributed by atoms with Crippen molar-refractivity contribution in [1.82, 2.24) is 0 Å². The molecule has 0 bridgehead atoms. The lowest BCUT2D eigenvalue weighted by atomic mass is 10.1. The molecule has 90 valence electrons. The number of benzene rings is 1. The van der Waals surface area contributed by atoms with Crippen LogP contribution in [0.4, 0.5) is 0 Å². The van der Waals surface area contributed by atoms with E-state index in [1.165, 1.54) is 0 Å². The number of fused-ring (bicyclic) bond motifs is 1. The van der Waals surface area contributed by atoms with Gasteiger partial charge in [-0.2, -0.15) is 0 Å². The van der Waals surface area contributed by atoms with Crippen molar-refractivity contribution in [1.29, 1.82) is 0 Å². The smallest absolute Gasteiger partial charge is 0.324 e. The summed E-state index contributed by atoms with van der Waals surface area (Å²) in [6.45, 7) is 1.91. The number of rotatable bonds is 3. The van der Waals surface area contributed by atoms with Gasteiger partial charge in [-0.15, -0.1) is 0 Å². The summed E-state index contributed by atoms with van der Waals surface area (Å²) in [5.41, 5.74) is 0.766. The average molecular weight is 346 g/mol. The third-order valence-electron chi connectivity index (χ3n) is 2.44. The van der Waals surface area contributed by atoms with Crippen molar-refractivity contribution in [3.8, 4) is 11.5 Å². The Morgan fingerprint density at radius 3 is 3.06 bits per heavy atom. The second kappa shape index (κ2) is 5.03. The fourth-order valence-corrected chi connectivity index (χ4v) is 1.67. The van der Waals surface area contributed by atoms with E-state index in [0.29, 0.717) is 17.9 Å². The van der Waals surface area contributed by atoms with E-state index in [2.05, 4.69) is 0 Å². The Morgan fingerprint density at radius 1 is 1.59 bits per heavy atom. The summed E-state index contributed by atoms with van der Waals surface area (Å²) < 4.78 is 10.1. The Morgan fingerprint density at radius 2 is 2.35 bits per heavy atom. The van der Waals surface area contributed by atoms with Crippen LogP contribution in [0.3, 0.4) is 0 Å². The molecule has 0 spiro atoms. The number of para-hydroxylation sites is 1. The first kappa shape index (κ1) is 12.3. The fraction of sp³-hybridized carbons (Fsp3) is 0.333. The molecule has 1 atom stereocenters. The predicted octanol–water partition coefficient (Wildman–Crippen LogP) is 2.27. The first-order chi connectivity index (χ1) is 8.11. The summed E-state index contributed by atoms with van der Waals surface area (Å²) >= 11 is 2.03. The maximum absolute atomic E-state index is 11.7. The normalized spacial score (nSPS) is 15.1. The highest BCUT2D eigenvalue weighted by Gasteiger charge is 2.26. The van der Waals surface area contributed by atoms with Crippen LogP contribution < -0.4 is 9.47 Å². The SMILES string of the molecule is CCC(I)C(=O)Oc1cccc2c1OC(=O)C2. The van der Waals surface area contributed by atoms with E-state index in [0.717, 1.165) is 5.56 Å². The number of hydrogen-bond donors (Lipinski definition) is 0. The molecule has 1 aliphatic heterocycles. The van der Waals surface area contributed by atoms with Crippen molar-refractivity contribution in [2.24, 2.45) is 0 Å². The van der Waals surface area contributed by atoms with Gasteiger partial charge in [-0.05, 0) is 12.5 Å². The number of hydrogen-bond acceptors (Lipinski definition) is 4. The van der Waals surface area contributed by atoms with Crippen LogP contribution in [-0.2, 0) is 16.0 Å². The van der Waals surface area contributed by atoms with E-state index in [4.69, 9.17) is 9.47 Å². The van der Waals surface area contributed by atoms with Gasteiger partial charge in [-0.1, -0.05) is 41.6 Å². The number of carbonyl (C=O) groups is 2. The topological polar surface area (TPSA) is 52.6 Å². The predicted molar refractivity (Wildman–Crippen MR) is 69.5 cm³/mol. The molecule has 0 aliphatic carbocycles. The monoisotopic (exact) mass is 346 g/mol. The number of alkyl halides is 1. The van der Waals surface area contributed by atoms with E-state index in [-0.39, 0.29) is 22.3 Å². The summed E-state index contributed by atoms with van der Waals surface area (Å²) in [6, 6.07) is 5.17. The summed E-state index contributed by atoms with van der Waals surface area (Å²) in [4.78, 5) is 22.8. The molecular weight excluding hydrogens is 335 g/mol. The molecule has 4 nitrogen and oxygen atoms in total. The molecular formula is C12H11IO4. The van der Waals surface area contributed by atoms with E-state index >= 15 is 0 Å². The Labute approximate surface area is 112 Å². The highest BCUT2D eigenvalue weighted by Crippen LogP contribution is 2.36. The minimum atomic E-state index is -0.315. The average Bonchev–Trinajstić information content (AvgIpc) is 2.69. The molecule has 1 unspecified atom stereocenters. The van der Waals surface area contributed by atoms with Crippen LogP contribution in [0.25, 0.3) is 0 Å². The summed E-state index contributed by atoms with van der Waals surface area (Å²) in [5.74, 6) is 0.0773. The molecule has 0 radical (unpaired) electrons. The molecule has 0 fully saturated rings. The molecule has 0 N–H and O–H groups in total. The minimum Gasteiger partial charge on any atom is -0.422 e. The number of esters is 2. The fourth-order valence-electron chi connectivity index (χ4n) is 1.54. The molecule has 0 amide bonds. The summed E-state index contributed by atoms with van der Waals surface area (Å²) in [7, 11) is 0. The lowest BCUT2D eigenvalue weighted by Gasteiger charge is -2.10.